The van der Waals surface area contributed by atoms with Crippen LogP contribution in [0.5, 0.6) is 0 Å². The van der Waals surface area contributed by atoms with Crippen molar-refractivity contribution in [2.75, 3.05) is 37.7 Å². The van der Waals surface area contributed by atoms with Crippen LogP contribution in [0.1, 0.15) is 12.5 Å². The third-order valence-corrected chi connectivity index (χ3v) is 2.83. The summed E-state index contributed by atoms with van der Waals surface area (Å²) in [6, 6.07) is 1.72. The molecule has 1 aromatic heterocycles. The lowest BCUT2D eigenvalue weighted by molar-refractivity contribution is 0.122. The number of nitrogens with one attached hydrogen (secondary N) is 1. The van der Waals surface area contributed by atoms with Gasteiger partial charge in [0.25, 0.3) is 0 Å². The van der Waals surface area contributed by atoms with Crippen molar-refractivity contribution >= 4 is 5.82 Å². The average molecular weight is 239 g/mol. The third kappa shape index (κ3) is 2.92. The summed E-state index contributed by atoms with van der Waals surface area (Å²) in [4.78, 5) is 6.08. The maximum Gasteiger partial charge on any atom is 0.170 e. The van der Waals surface area contributed by atoms with E-state index >= 15 is 0 Å². The highest BCUT2D eigenvalue weighted by Crippen LogP contribution is 2.20. The van der Waals surface area contributed by atoms with E-state index in [1.54, 1.807) is 12.3 Å². The largest absolute Gasteiger partial charge is 0.378 e. The molecule has 0 amide bonds. The summed E-state index contributed by atoms with van der Waals surface area (Å²) in [7, 11) is 0. The van der Waals surface area contributed by atoms with E-state index in [9.17, 15) is 4.39 Å². The number of rotatable bonds is 4. The summed E-state index contributed by atoms with van der Waals surface area (Å²) in [6.45, 7) is 6.05. The Morgan fingerprint density at radius 3 is 2.94 bits per heavy atom. The molecule has 1 aromatic rings. The highest BCUT2D eigenvalue weighted by atomic mass is 19.1. The summed E-state index contributed by atoms with van der Waals surface area (Å²) >= 11 is 0. The van der Waals surface area contributed by atoms with Gasteiger partial charge in [-0.3, -0.25) is 0 Å². The molecule has 17 heavy (non-hydrogen) atoms. The van der Waals surface area contributed by atoms with Crippen LogP contribution in [0, 0.1) is 5.82 Å². The molecule has 1 aliphatic rings. The topological polar surface area (TPSA) is 37.4 Å². The second-order valence-electron chi connectivity index (χ2n) is 3.99. The quantitative estimate of drug-likeness (QED) is 0.855. The fraction of sp³-hybridized carbons (Fsp3) is 0.583. The SMILES string of the molecule is CCNCc1ccnc(N2CCOCC2)c1F. The standard InChI is InChI=1S/C12H18FN3O/c1-2-14-9-10-3-4-15-12(11(10)13)16-5-7-17-8-6-16/h3-4,14H,2,5-9H2,1H3. The minimum atomic E-state index is -0.213. The normalized spacial score (nSPS) is 16.2. The number of nitrogens with zero attached hydrogens (tertiary/aromatic N) is 2. The molecule has 0 aliphatic carbocycles. The molecule has 1 N–H and O–H groups in total. The van der Waals surface area contributed by atoms with Gasteiger partial charge in [0.05, 0.1) is 13.2 Å². The van der Waals surface area contributed by atoms with Gasteiger partial charge in [-0.05, 0) is 12.6 Å². The van der Waals surface area contributed by atoms with E-state index in [0.29, 0.717) is 44.2 Å². The Morgan fingerprint density at radius 2 is 2.24 bits per heavy atom. The van der Waals surface area contributed by atoms with Gasteiger partial charge >= 0.3 is 0 Å². The predicted molar refractivity (Wildman–Crippen MR) is 64.6 cm³/mol. The Hall–Kier alpha value is -1.20. The molecule has 4 nitrogen and oxygen atoms in total. The highest BCUT2D eigenvalue weighted by molar-refractivity contribution is 5.43. The summed E-state index contributed by atoms with van der Waals surface area (Å²) in [6.07, 6.45) is 1.67. The Labute approximate surface area is 101 Å². The molecule has 2 heterocycles. The number of ether oxygens (including phenoxy) is 1. The fourth-order valence-corrected chi connectivity index (χ4v) is 1.86. The number of aromatic nitrogens is 1. The smallest absolute Gasteiger partial charge is 0.170 e. The van der Waals surface area contributed by atoms with E-state index in [1.807, 2.05) is 11.8 Å². The van der Waals surface area contributed by atoms with Gasteiger partial charge in [0, 0.05) is 31.4 Å². The van der Waals surface area contributed by atoms with E-state index in [2.05, 4.69) is 10.3 Å². The monoisotopic (exact) mass is 239 g/mol. The van der Waals surface area contributed by atoms with Gasteiger partial charge in [0.2, 0.25) is 0 Å². The molecule has 0 spiro atoms. The maximum absolute atomic E-state index is 14.2. The van der Waals surface area contributed by atoms with E-state index in [-0.39, 0.29) is 5.82 Å². The lowest BCUT2D eigenvalue weighted by atomic mass is 10.2. The molecular weight excluding hydrogens is 221 g/mol. The number of halogens is 1. The zero-order valence-electron chi connectivity index (χ0n) is 10.1. The molecule has 2 rings (SSSR count). The van der Waals surface area contributed by atoms with Gasteiger partial charge in [-0.1, -0.05) is 6.92 Å². The molecule has 0 unspecified atom stereocenters. The first kappa shape index (κ1) is 12.3. The summed E-state index contributed by atoms with van der Waals surface area (Å²) in [5.74, 6) is 0.235. The number of anilines is 1. The van der Waals surface area contributed by atoms with Crippen LogP contribution in [0.3, 0.4) is 0 Å². The molecule has 1 saturated heterocycles. The molecule has 1 aliphatic heterocycles. The van der Waals surface area contributed by atoms with Gasteiger partial charge < -0.3 is 15.0 Å². The number of hydrogen-bond acceptors (Lipinski definition) is 4. The molecule has 5 heteroatoms. The molecule has 0 radical (unpaired) electrons. The Bertz CT molecular complexity index is 367. The van der Waals surface area contributed by atoms with Crippen LogP contribution in [-0.2, 0) is 11.3 Å². The summed E-state index contributed by atoms with van der Waals surface area (Å²) < 4.78 is 19.4. The number of hydrogen-bond donors (Lipinski definition) is 1. The van der Waals surface area contributed by atoms with Crippen molar-refractivity contribution in [3.05, 3.63) is 23.6 Å². The minimum absolute atomic E-state index is 0.213. The Morgan fingerprint density at radius 1 is 1.47 bits per heavy atom. The fourth-order valence-electron chi connectivity index (χ4n) is 1.86. The van der Waals surface area contributed by atoms with Crippen LogP contribution < -0.4 is 10.2 Å². The van der Waals surface area contributed by atoms with Gasteiger partial charge in [0.15, 0.2) is 11.6 Å². The van der Waals surface area contributed by atoms with Crippen LogP contribution in [0.4, 0.5) is 10.2 Å². The predicted octanol–water partition coefficient (Wildman–Crippen LogP) is 1.17. The second-order valence-corrected chi connectivity index (χ2v) is 3.99. The molecule has 0 bridgehead atoms. The van der Waals surface area contributed by atoms with E-state index in [1.165, 1.54) is 0 Å². The molecule has 0 aromatic carbocycles. The van der Waals surface area contributed by atoms with E-state index in [4.69, 9.17) is 4.74 Å². The first-order valence-electron chi connectivity index (χ1n) is 5.99. The first-order valence-corrected chi connectivity index (χ1v) is 5.99. The van der Waals surface area contributed by atoms with Crippen LogP contribution in [-0.4, -0.2) is 37.8 Å². The number of pyridine rings is 1. The van der Waals surface area contributed by atoms with Crippen LogP contribution in [0.2, 0.25) is 0 Å². The highest BCUT2D eigenvalue weighted by Gasteiger charge is 2.18. The Balaban J connectivity index is 2.15. The molecular formula is C12H18FN3O. The number of morpholine rings is 1. The van der Waals surface area contributed by atoms with Gasteiger partial charge in [-0.2, -0.15) is 0 Å². The van der Waals surface area contributed by atoms with Crippen molar-refractivity contribution < 1.29 is 9.13 Å². The van der Waals surface area contributed by atoms with Crippen molar-refractivity contribution in [3.63, 3.8) is 0 Å². The zero-order valence-corrected chi connectivity index (χ0v) is 10.1. The molecule has 1 fully saturated rings. The summed E-state index contributed by atoms with van der Waals surface area (Å²) in [5, 5.41) is 3.12. The van der Waals surface area contributed by atoms with Crippen LogP contribution >= 0.6 is 0 Å². The maximum atomic E-state index is 14.2. The van der Waals surface area contributed by atoms with Crippen molar-refractivity contribution in [1.82, 2.24) is 10.3 Å². The molecule has 0 saturated carbocycles. The third-order valence-electron chi connectivity index (χ3n) is 2.83. The van der Waals surface area contributed by atoms with Crippen LogP contribution in [0.25, 0.3) is 0 Å². The van der Waals surface area contributed by atoms with Crippen molar-refractivity contribution in [3.8, 4) is 0 Å². The zero-order chi connectivity index (χ0) is 12.1. The lowest BCUT2D eigenvalue weighted by Crippen LogP contribution is -2.37. The van der Waals surface area contributed by atoms with E-state index in [0.717, 1.165) is 6.54 Å². The van der Waals surface area contributed by atoms with Gasteiger partial charge in [-0.15, -0.1) is 0 Å². The van der Waals surface area contributed by atoms with Crippen molar-refractivity contribution in [2.45, 2.75) is 13.5 Å². The van der Waals surface area contributed by atoms with E-state index < -0.39 is 0 Å². The van der Waals surface area contributed by atoms with Gasteiger partial charge in [0.1, 0.15) is 0 Å². The first-order chi connectivity index (χ1) is 8.33. The summed E-state index contributed by atoms with van der Waals surface area (Å²) in [5.41, 5.74) is 0.670. The van der Waals surface area contributed by atoms with Gasteiger partial charge in [-0.25, -0.2) is 9.37 Å². The lowest BCUT2D eigenvalue weighted by Gasteiger charge is -2.28. The molecule has 94 valence electrons. The second kappa shape index (κ2) is 5.93. The average Bonchev–Trinajstić information content (AvgIpc) is 2.39. The molecule has 0 atom stereocenters. The minimum Gasteiger partial charge on any atom is -0.378 e. The van der Waals surface area contributed by atoms with Crippen molar-refractivity contribution in [2.24, 2.45) is 0 Å². The Kier molecular flexibility index (Phi) is 4.28. The van der Waals surface area contributed by atoms with Crippen LogP contribution in [0.15, 0.2) is 12.3 Å². The van der Waals surface area contributed by atoms with Crippen molar-refractivity contribution in [1.29, 1.82) is 0 Å².